The molecule has 146 valence electrons. The van der Waals surface area contributed by atoms with Gasteiger partial charge in [-0.15, -0.1) is 0 Å². The fourth-order valence-corrected chi connectivity index (χ4v) is 5.44. The van der Waals surface area contributed by atoms with E-state index in [-0.39, 0.29) is 6.08 Å². The number of halogens is 11. The Morgan fingerprint density at radius 3 is 1.80 bits per heavy atom. The number of alkyl halides is 10. The predicted molar refractivity (Wildman–Crippen MR) is 80.5 cm³/mol. The smallest absolute Gasteiger partial charge is 0.398 e. The van der Waals surface area contributed by atoms with Gasteiger partial charge in [0.05, 0.1) is 0 Å². The summed E-state index contributed by atoms with van der Waals surface area (Å²) in [5.74, 6) is 0. The summed E-state index contributed by atoms with van der Waals surface area (Å²) in [5.41, 5.74) is -7.89. The summed E-state index contributed by atoms with van der Waals surface area (Å²) in [6, 6.07) is 0. The van der Waals surface area contributed by atoms with E-state index >= 15 is 0 Å². The summed E-state index contributed by atoms with van der Waals surface area (Å²) in [6.45, 7) is 0. The van der Waals surface area contributed by atoms with Crippen LogP contribution < -0.4 is 5.73 Å². The summed E-state index contributed by atoms with van der Waals surface area (Å²) in [6.07, 6.45) is -8.69. The summed E-state index contributed by atoms with van der Waals surface area (Å²) < 4.78 is 138. The first-order valence-corrected chi connectivity index (χ1v) is 9.09. The first kappa shape index (κ1) is 22.9. The highest BCUT2D eigenvalue weighted by Crippen LogP contribution is 2.61. The Morgan fingerprint density at radius 2 is 1.52 bits per heavy atom. The number of hydrogen-bond donors (Lipinski definition) is 1. The van der Waals surface area contributed by atoms with Crippen molar-refractivity contribution < 1.29 is 47.9 Å². The molecule has 3 nitrogen and oxygen atoms in total. The van der Waals surface area contributed by atoms with Crippen molar-refractivity contribution in [1.82, 2.24) is 0 Å². The van der Waals surface area contributed by atoms with Crippen LogP contribution in [0.2, 0.25) is 0 Å². The van der Waals surface area contributed by atoms with Crippen LogP contribution >= 0.6 is 38.5 Å². The molecule has 0 amide bonds. The van der Waals surface area contributed by atoms with Crippen molar-refractivity contribution in [3.8, 4) is 0 Å². The molecule has 1 aliphatic rings. The van der Waals surface area contributed by atoms with E-state index in [9.17, 15) is 47.9 Å². The van der Waals surface area contributed by atoms with Crippen molar-refractivity contribution in [2.75, 3.05) is 0 Å². The van der Waals surface area contributed by atoms with Crippen molar-refractivity contribution in [2.45, 2.75) is 33.4 Å². The Hall–Kier alpha value is -0.190. The van der Waals surface area contributed by atoms with Gasteiger partial charge in [0.15, 0.2) is 4.75 Å². The van der Waals surface area contributed by atoms with Gasteiger partial charge in [-0.3, -0.25) is 0 Å². The average Bonchev–Trinajstić information content (AvgIpc) is 2.36. The number of sulfone groups is 1. The van der Waals surface area contributed by atoms with Crippen LogP contribution in [0.25, 0.3) is 0 Å². The van der Waals surface area contributed by atoms with Gasteiger partial charge in [0.1, 0.15) is 0 Å². The molecule has 1 aliphatic carbocycles. The van der Waals surface area contributed by atoms with Crippen LogP contribution in [0.5, 0.6) is 0 Å². The lowest BCUT2D eigenvalue weighted by molar-refractivity contribution is -0.284. The average molecular weight is 582 g/mol. The van der Waals surface area contributed by atoms with Crippen LogP contribution in [0.4, 0.5) is 39.5 Å². The monoisotopic (exact) mass is 581 g/mol. The van der Waals surface area contributed by atoms with Gasteiger partial charge in [0, 0.05) is 9.28 Å². The lowest BCUT2D eigenvalue weighted by atomic mass is 9.82. The Kier molecular flexibility index (Phi) is 5.64. The molecule has 2 unspecified atom stereocenters. The zero-order chi connectivity index (χ0) is 20.3. The molecule has 0 saturated carbocycles. The summed E-state index contributed by atoms with van der Waals surface area (Å²) in [5, 5.41) is 0. The minimum Gasteiger partial charge on any atom is -0.398 e. The highest BCUT2D eigenvalue weighted by Gasteiger charge is 2.85. The van der Waals surface area contributed by atoms with Gasteiger partial charge in [-0.1, -0.05) is 6.08 Å². The van der Waals surface area contributed by atoms with E-state index in [2.05, 4.69) is 0 Å². The summed E-state index contributed by atoms with van der Waals surface area (Å²) in [7, 11) is -7.13. The van der Waals surface area contributed by atoms with E-state index in [0.717, 1.165) is 38.5 Å². The van der Waals surface area contributed by atoms with Crippen molar-refractivity contribution in [1.29, 1.82) is 0 Å². The zero-order valence-electron chi connectivity index (χ0n) is 11.3. The zero-order valence-corrected chi connectivity index (χ0v) is 15.9. The van der Waals surface area contributed by atoms with Gasteiger partial charge >= 0.3 is 22.2 Å². The lowest BCUT2D eigenvalue weighted by Gasteiger charge is -2.46. The van der Waals surface area contributed by atoms with E-state index in [0.29, 0.717) is 6.08 Å². The SMILES string of the molecule is NC1=CCC(C(F)(C(F)(F)F)C(F)(F)Br)(S(=O)(=O)C(F)(F)F)C=C1I. The molecule has 0 radical (unpaired) electrons. The van der Waals surface area contributed by atoms with Gasteiger partial charge in [-0.05, 0) is 51.0 Å². The van der Waals surface area contributed by atoms with Crippen LogP contribution in [0, 0.1) is 0 Å². The second-order valence-electron chi connectivity index (χ2n) is 4.85. The van der Waals surface area contributed by atoms with Crippen LogP contribution in [-0.4, -0.2) is 35.4 Å². The van der Waals surface area contributed by atoms with Crippen LogP contribution in [0.3, 0.4) is 0 Å². The Bertz CT molecular complexity index is 708. The van der Waals surface area contributed by atoms with Gasteiger partial charge in [-0.2, -0.15) is 35.1 Å². The summed E-state index contributed by atoms with van der Waals surface area (Å²) in [4.78, 5) is -5.72. The molecule has 0 aliphatic heterocycles. The predicted octanol–water partition coefficient (Wildman–Crippen LogP) is 4.48. The molecule has 0 bridgehead atoms. The van der Waals surface area contributed by atoms with Crippen molar-refractivity contribution >= 4 is 48.4 Å². The van der Waals surface area contributed by atoms with Crippen molar-refractivity contribution in [2.24, 2.45) is 5.73 Å². The molecule has 0 heterocycles. The maximum atomic E-state index is 14.8. The van der Waals surface area contributed by atoms with Gasteiger partial charge in [-0.25, -0.2) is 12.8 Å². The van der Waals surface area contributed by atoms with Crippen LogP contribution in [0.15, 0.2) is 21.4 Å². The van der Waals surface area contributed by atoms with Crippen molar-refractivity contribution in [3.63, 3.8) is 0 Å². The second-order valence-corrected chi connectivity index (χ2v) is 9.20. The molecule has 0 saturated heterocycles. The highest BCUT2D eigenvalue weighted by molar-refractivity contribution is 14.1. The largest absolute Gasteiger partial charge is 0.498 e. The number of nitrogens with two attached hydrogens (primary N) is 1. The maximum Gasteiger partial charge on any atom is 0.498 e. The second kappa shape index (κ2) is 6.17. The van der Waals surface area contributed by atoms with Crippen LogP contribution in [0.1, 0.15) is 6.42 Å². The summed E-state index contributed by atoms with van der Waals surface area (Å²) >= 11 is 2.07. The number of allylic oxidation sites excluding steroid dienone is 2. The standard InChI is InChI=1S/C10H6BrF9INO2S/c11-8(13,14)7(12,9(15,16)17)6(25(23,24)10(18,19)20)2-1-5(22)4(21)3-6/h1,3H,2,22H2. The van der Waals surface area contributed by atoms with Crippen molar-refractivity contribution in [3.05, 3.63) is 21.4 Å². The third-order valence-corrected chi connectivity index (χ3v) is 7.02. The maximum absolute atomic E-state index is 14.8. The van der Waals surface area contributed by atoms with E-state index in [4.69, 9.17) is 5.73 Å². The minimum atomic E-state index is -7.13. The fourth-order valence-electron chi connectivity index (χ4n) is 2.17. The molecule has 25 heavy (non-hydrogen) atoms. The minimum absolute atomic E-state index is 0.309. The van der Waals surface area contributed by atoms with E-state index in [1.165, 1.54) is 0 Å². The molecule has 0 spiro atoms. The van der Waals surface area contributed by atoms with E-state index < -0.39 is 52.5 Å². The van der Waals surface area contributed by atoms with E-state index in [1.54, 1.807) is 0 Å². The highest BCUT2D eigenvalue weighted by atomic mass is 127. The molecule has 0 aromatic heterocycles. The quantitative estimate of drug-likeness (QED) is 0.304. The normalized spacial score (nSPS) is 25.9. The molecule has 0 fully saturated rings. The fraction of sp³-hybridized carbons (Fsp3) is 0.600. The molecular weight excluding hydrogens is 576 g/mol. The van der Waals surface area contributed by atoms with Gasteiger partial charge in [0.25, 0.3) is 9.84 Å². The Balaban J connectivity index is 4.08. The number of hydrogen-bond acceptors (Lipinski definition) is 3. The first-order chi connectivity index (χ1) is 10.8. The third-order valence-electron chi connectivity index (χ3n) is 3.41. The Morgan fingerprint density at radius 1 is 1.08 bits per heavy atom. The topological polar surface area (TPSA) is 60.2 Å². The molecule has 0 aromatic rings. The first-order valence-electron chi connectivity index (χ1n) is 5.74. The molecular formula is C10H6BrF9INO2S. The third kappa shape index (κ3) is 3.17. The lowest BCUT2D eigenvalue weighted by Crippen LogP contribution is -2.71. The number of rotatable bonds is 3. The molecule has 2 atom stereocenters. The molecule has 1 rings (SSSR count). The molecule has 15 heteroatoms. The van der Waals surface area contributed by atoms with E-state index in [1.807, 2.05) is 0 Å². The van der Waals surface area contributed by atoms with Crippen LogP contribution in [-0.2, 0) is 9.84 Å². The molecule has 0 aromatic carbocycles. The van der Waals surface area contributed by atoms with Gasteiger partial charge in [0.2, 0.25) is 0 Å². The Labute approximate surface area is 156 Å². The van der Waals surface area contributed by atoms with Gasteiger partial charge < -0.3 is 5.73 Å². The molecule has 2 N–H and O–H groups in total.